The number of rotatable bonds is 3. The minimum Gasteiger partial charge on any atom is -0.338 e. The highest BCUT2D eigenvalue weighted by molar-refractivity contribution is 7.86. The van der Waals surface area contributed by atoms with Crippen molar-refractivity contribution in [2.24, 2.45) is 0 Å². The highest BCUT2D eigenvalue weighted by Gasteiger charge is 2.39. The Morgan fingerprint density at radius 2 is 1.79 bits per heavy atom. The standard InChI is InChI=1S/C19H29N5O4S/c1-14(25)22-12-8-16-15(13-22)19(26)21-18(20-16)17-7-3-6-11-24(17)29(27,28)23-9-4-2-5-10-23/h17H,2-13H2,1H3,(H,20,21,26). The van der Waals surface area contributed by atoms with Crippen LogP contribution in [0.25, 0.3) is 0 Å². The minimum absolute atomic E-state index is 0.0646. The van der Waals surface area contributed by atoms with Crippen LogP contribution in [0.2, 0.25) is 0 Å². The molecule has 1 N–H and O–H groups in total. The van der Waals surface area contributed by atoms with Crippen LogP contribution < -0.4 is 5.56 Å². The van der Waals surface area contributed by atoms with Gasteiger partial charge in [-0.25, -0.2) is 4.98 Å². The van der Waals surface area contributed by atoms with Gasteiger partial charge in [-0.1, -0.05) is 12.8 Å². The second kappa shape index (κ2) is 8.16. The van der Waals surface area contributed by atoms with Crippen molar-refractivity contribution in [3.8, 4) is 0 Å². The first kappa shape index (κ1) is 20.5. The summed E-state index contributed by atoms with van der Waals surface area (Å²) in [6.45, 7) is 3.84. The van der Waals surface area contributed by atoms with E-state index in [-0.39, 0.29) is 18.0 Å². The molecule has 4 rings (SSSR count). The SMILES string of the molecule is CC(=O)N1CCc2nc(C3CCCCN3S(=O)(=O)N3CCCCC3)[nH]c(=O)c2C1. The molecule has 0 radical (unpaired) electrons. The number of aromatic nitrogens is 2. The summed E-state index contributed by atoms with van der Waals surface area (Å²) in [6, 6.07) is -0.445. The lowest BCUT2D eigenvalue weighted by atomic mass is 10.0. The van der Waals surface area contributed by atoms with E-state index in [1.165, 1.54) is 11.2 Å². The Kier molecular flexibility index (Phi) is 5.76. The first-order valence-electron chi connectivity index (χ1n) is 10.5. The third-order valence-corrected chi connectivity index (χ3v) is 8.29. The second-order valence-electron chi connectivity index (χ2n) is 8.16. The van der Waals surface area contributed by atoms with Crippen molar-refractivity contribution in [3.63, 3.8) is 0 Å². The molecule has 4 heterocycles. The van der Waals surface area contributed by atoms with E-state index in [9.17, 15) is 18.0 Å². The zero-order valence-electron chi connectivity index (χ0n) is 16.9. The van der Waals surface area contributed by atoms with Gasteiger partial charge in [0.05, 0.1) is 23.8 Å². The maximum atomic E-state index is 13.3. The van der Waals surface area contributed by atoms with Crippen LogP contribution in [-0.4, -0.2) is 64.0 Å². The lowest BCUT2D eigenvalue weighted by Gasteiger charge is -2.38. The number of nitrogens with zero attached hydrogens (tertiary/aromatic N) is 4. The molecule has 0 bridgehead atoms. The number of carbonyl (C=O) groups excluding carboxylic acids is 1. The molecule has 1 aromatic heterocycles. The van der Waals surface area contributed by atoms with Crippen molar-refractivity contribution in [2.75, 3.05) is 26.2 Å². The molecule has 9 nitrogen and oxygen atoms in total. The highest BCUT2D eigenvalue weighted by atomic mass is 32.2. The normalized spacial score (nSPS) is 24.3. The quantitative estimate of drug-likeness (QED) is 0.778. The second-order valence-corrected chi connectivity index (χ2v) is 10.0. The van der Waals surface area contributed by atoms with E-state index in [2.05, 4.69) is 9.97 Å². The number of amides is 1. The van der Waals surface area contributed by atoms with E-state index >= 15 is 0 Å². The zero-order chi connectivity index (χ0) is 20.6. The Bertz CT molecular complexity index is 938. The molecule has 1 aromatic rings. The Morgan fingerprint density at radius 1 is 1.07 bits per heavy atom. The molecule has 10 heteroatoms. The number of nitrogens with one attached hydrogen (secondary N) is 1. The van der Waals surface area contributed by atoms with Gasteiger partial charge in [0.1, 0.15) is 5.82 Å². The minimum atomic E-state index is -3.58. The van der Waals surface area contributed by atoms with Gasteiger partial charge in [-0.3, -0.25) is 9.59 Å². The van der Waals surface area contributed by atoms with Crippen molar-refractivity contribution in [3.05, 3.63) is 27.4 Å². The highest BCUT2D eigenvalue weighted by Crippen LogP contribution is 2.33. The maximum absolute atomic E-state index is 13.3. The summed E-state index contributed by atoms with van der Waals surface area (Å²) in [4.78, 5) is 33.5. The van der Waals surface area contributed by atoms with E-state index in [0.717, 1.165) is 32.1 Å². The number of hydrogen-bond donors (Lipinski definition) is 1. The lowest BCUT2D eigenvalue weighted by molar-refractivity contribution is -0.129. The topological polar surface area (TPSA) is 107 Å². The van der Waals surface area contributed by atoms with Gasteiger partial charge in [0.2, 0.25) is 5.91 Å². The molecule has 0 aromatic carbocycles. The summed E-state index contributed by atoms with van der Waals surface area (Å²) in [5, 5.41) is 0. The number of hydrogen-bond acceptors (Lipinski definition) is 5. The van der Waals surface area contributed by atoms with Gasteiger partial charge in [-0.05, 0) is 25.7 Å². The van der Waals surface area contributed by atoms with Crippen LogP contribution in [0.1, 0.15) is 68.6 Å². The molecule has 3 aliphatic rings. The number of H-pyrrole nitrogens is 1. The molecule has 29 heavy (non-hydrogen) atoms. The molecule has 0 aliphatic carbocycles. The van der Waals surface area contributed by atoms with Crippen molar-refractivity contribution >= 4 is 16.1 Å². The molecular weight excluding hydrogens is 394 g/mol. The average Bonchev–Trinajstić information content (AvgIpc) is 2.74. The average molecular weight is 424 g/mol. The van der Waals surface area contributed by atoms with Gasteiger partial charge in [0, 0.05) is 39.5 Å². The van der Waals surface area contributed by atoms with Crippen molar-refractivity contribution in [1.29, 1.82) is 0 Å². The van der Waals surface area contributed by atoms with E-state index in [1.54, 1.807) is 9.21 Å². The van der Waals surface area contributed by atoms with Gasteiger partial charge in [-0.2, -0.15) is 17.0 Å². The molecule has 0 saturated carbocycles. The monoisotopic (exact) mass is 423 g/mol. The summed E-state index contributed by atoms with van der Waals surface area (Å²) in [7, 11) is -3.58. The smallest absolute Gasteiger partial charge is 0.282 e. The largest absolute Gasteiger partial charge is 0.338 e. The van der Waals surface area contributed by atoms with Crippen LogP contribution in [0, 0.1) is 0 Å². The summed E-state index contributed by atoms with van der Waals surface area (Å²) in [6.07, 6.45) is 5.71. The van der Waals surface area contributed by atoms with Gasteiger partial charge in [0.25, 0.3) is 15.8 Å². The maximum Gasteiger partial charge on any atom is 0.282 e. The summed E-state index contributed by atoms with van der Waals surface area (Å²) < 4.78 is 29.7. The fourth-order valence-corrected chi connectivity index (χ4v) is 6.47. The molecule has 1 atom stereocenters. The first-order valence-corrected chi connectivity index (χ1v) is 11.9. The zero-order valence-corrected chi connectivity index (χ0v) is 17.7. The van der Waals surface area contributed by atoms with Gasteiger partial charge >= 0.3 is 0 Å². The Morgan fingerprint density at radius 3 is 2.52 bits per heavy atom. The van der Waals surface area contributed by atoms with E-state index in [0.29, 0.717) is 56.1 Å². The van der Waals surface area contributed by atoms with Crippen LogP contribution in [0.3, 0.4) is 0 Å². The molecule has 1 unspecified atom stereocenters. The molecule has 3 aliphatic heterocycles. The molecule has 1 amide bonds. The van der Waals surface area contributed by atoms with E-state index in [4.69, 9.17) is 0 Å². The predicted molar refractivity (Wildman–Crippen MR) is 107 cm³/mol. The summed E-state index contributed by atoms with van der Waals surface area (Å²) in [5.41, 5.74) is 0.926. The molecule has 2 saturated heterocycles. The lowest BCUT2D eigenvalue weighted by Crippen LogP contribution is -2.49. The van der Waals surface area contributed by atoms with Crippen LogP contribution in [0.15, 0.2) is 4.79 Å². The molecule has 0 spiro atoms. The number of carbonyl (C=O) groups is 1. The van der Waals surface area contributed by atoms with Crippen molar-refractivity contribution < 1.29 is 13.2 Å². The van der Waals surface area contributed by atoms with Crippen molar-refractivity contribution in [2.45, 2.75) is 64.5 Å². The molecule has 2 fully saturated rings. The predicted octanol–water partition coefficient (Wildman–Crippen LogP) is 0.932. The first-order chi connectivity index (χ1) is 13.9. The third kappa shape index (κ3) is 3.97. The summed E-state index contributed by atoms with van der Waals surface area (Å²) in [5.74, 6) is 0.371. The van der Waals surface area contributed by atoms with Crippen molar-refractivity contribution in [1.82, 2.24) is 23.5 Å². The molecule has 160 valence electrons. The van der Waals surface area contributed by atoms with E-state index in [1.807, 2.05) is 0 Å². The Hall–Kier alpha value is -1.78. The van der Waals surface area contributed by atoms with E-state index < -0.39 is 16.3 Å². The van der Waals surface area contributed by atoms with Crippen LogP contribution in [0.4, 0.5) is 0 Å². The number of aromatic amines is 1. The summed E-state index contributed by atoms with van der Waals surface area (Å²) >= 11 is 0. The fourth-order valence-electron chi connectivity index (χ4n) is 4.57. The van der Waals surface area contributed by atoms with Crippen LogP contribution in [0.5, 0.6) is 0 Å². The third-order valence-electron chi connectivity index (χ3n) is 6.24. The number of fused-ring (bicyclic) bond motifs is 1. The van der Waals surface area contributed by atoms with Gasteiger partial charge in [0.15, 0.2) is 0 Å². The Labute approximate surface area is 171 Å². The fraction of sp³-hybridized carbons (Fsp3) is 0.737. The van der Waals surface area contributed by atoms with Crippen LogP contribution in [-0.2, 0) is 28.0 Å². The van der Waals surface area contributed by atoms with Gasteiger partial charge < -0.3 is 9.88 Å². The Balaban J connectivity index is 1.65. The van der Waals surface area contributed by atoms with Gasteiger partial charge in [-0.15, -0.1) is 0 Å². The number of piperidine rings is 2. The van der Waals surface area contributed by atoms with Crippen LogP contribution >= 0.6 is 0 Å². The molecular formula is C19H29N5O4S.